The molecule has 3 aromatic rings. The van der Waals surface area contributed by atoms with Gasteiger partial charge in [-0.25, -0.2) is 12.8 Å². The number of benzene rings is 3. The Morgan fingerprint density at radius 1 is 0.906 bits per heavy atom. The Kier molecular flexibility index (Phi) is 7.30. The van der Waals surface area contributed by atoms with Gasteiger partial charge in [-0.15, -0.1) is 0 Å². The molecule has 0 heterocycles. The second kappa shape index (κ2) is 9.96. The normalized spacial score (nSPS) is 11.2. The lowest BCUT2D eigenvalue weighted by Crippen LogP contribution is -2.29. The number of halogens is 1. The number of hydrogen-bond donors (Lipinski definition) is 1. The number of para-hydroxylation sites is 1. The van der Waals surface area contributed by atoms with E-state index in [1.165, 1.54) is 16.4 Å². The number of nitrogens with zero attached hydrogens (tertiary/aromatic N) is 1. The topological polar surface area (TPSA) is 66.5 Å². The van der Waals surface area contributed by atoms with E-state index in [0.717, 1.165) is 35.9 Å². The van der Waals surface area contributed by atoms with Gasteiger partial charge in [0.05, 0.1) is 18.5 Å². The van der Waals surface area contributed by atoms with E-state index in [1.807, 2.05) is 32.0 Å². The molecule has 0 radical (unpaired) electrons. The van der Waals surface area contributed by atoms with Crippen molar-refractivity contribution in [1.82, 2.24) is 0 Å². The number of carbonyl (C=O) groups excluding carboxylic acids is 1. The zero-order valence-corrected chi connectivity index (χ0v) is 19.2. The standard InChI is InChI=1S/C25H27FN2O3S/c1-4-19-7-6-8-20(5-2)24(19)27-25(29)21-11-15-23(16-12-21)28(32(3,30)31)17-18-9-13-22(26)14-10-18/h6-16H,4-5,17H2,1-3H3,(H,27,29). The maximum atomic E-state index is 13.2. The third kappa shape index (κ3) is 5.53. The Hall–Kier alpha value is -3.19. The van der Waals surface area contributed by atoms with Crippen LogP contribution in [0.15, 0.2) is 66.7 Å². The molecule has 0 saturated heterocycles. The molecule has 0 atom stereocenters. The molecule has 3 rings (SSSR count). The van der Waals surface area contributed by atoms with E-state index in [1.54, 1.807) is 36.4 Å². The van der Waals surface area contributed by atoms with Crippen LogP contribution in [-0.2, 0) is 29.4 Å². The van der Waals surface area contributed by atoms with Crippen molar-refractivity contribution in [3.63, 3.8) is 0 Å². The highest BCUT2D eigenvalue weighted by Crippen LogP contribution is 2.25. The fourth-order valence-electron chi connectivity index (χ4n) is 3.52. The quantitative estimate of drug-likeness (QED) is 0.511. The van der Waals surface area contributed by atoms with Crippen LogP contribution in [0.3, 0.4) is 0 Å². The van der Waals surface area contributed by atoms with E-state index in [4.69, 9.17) is 0 Å². The Morgan fingerprint density at radius 2 is 1.47 bits per heavy atom. The minimum Gasteiger partial charge on any atom is -0.321 e. The van der Waals surface area contributed by atoms with Crippen molar-refractivity contribution in [2.75, 3.05) is 15.9 Å². The first-order valence-corrected chi connectivity index (χ1v) is 12.3. The van der Waals surface area contributed by atoms with E-state index < -0.39 is 10.0 Å². The minimum atomic E-state index is -3.59. The maximum Gasteiger partial charge on any atom is 0.255 e. The molecule has 0 aromatic heterocycles. The zero-order valence-electron chi connectivity index (χ0n) is 18.4. The monoisotopic (exact) mass is 454 g/mol. The van der Waals surface area contributed by atoms with E-state index in [9.17, 15) is 17.6 Å². The third-order valence-electron chi connectivity index (χ3n) is 5.29. The molecule has 5 nitrogen and oxygen atoms in total. The summed E-state index contributed by atoms with van der Waals surface area (Å²) < 4.78 is 39.2. The SMILES string of the molecule is CCc1cccc(CC)c1NC(=O)c1ccc(N(Cc2ccc(F)cc2)S(C)(=O)=O)cc1. The summed E-state index contributed by atoms with van der Waals surface area (Å²) in [6.45, 7) is 4.15. The number of amides is 1. The van der Waals surface area contributed by atoms with Gasteiger partial charge in [0.25, 0.3) is 5.91 Å². The van der Waals surface area contributed by atoms with Crippen molar-refractivity contribution in [2.45, 2.75) is 33.2 Å². The molecule has 0 unspecified atom stereocenters. The largest absolute Gasteiger partial charge is 0.321 e. The predicted molar refractivity (Wildman–Crippen MR) is 127 cm³/mol. The fourth-order valence-corrected chi connectivity index (χ4v) is 4.41. The van der Waals surface area contributed by atoms with Crippen molar-refractivity contribution < 1.29 is 17.6 Å². The summed E-state index contributed by atoms with van der Waals surface area (Å²) in [5, 5.41) is 3.02. The summed E-state index contributed by atoms with van der Waals surface area (Å²) in [4.78, 5) is 12.9. The van der Waals surface area contributed by atoms with Gasteiger partial charge in [-0.2, -0.15) is 0 Å². The van der Waals surface area contributed by atoms with Crippen LogP contribution in [0.4, 0.5) is 15.8 Å². The molecule has 0 saturated carbocycles. The first-order valence-electron chi connectivity index (χ1n) is 10.5. The number of rotatable bonds is 8. The Morgan fingerprint density at radius 3 is 1.97 bits per heavy atom. The van der Waals surface area contributed by atoms with Gasteiger partial charge in [-0.3, -0.25) is 9.10 Å². The Bertz CT molecular complexity index is 1170. The van der Waals surface area contributed by atoms with Gasteiger partial charge < -0.3 is 5.32 Å². The number of anilines is 2. The highest BCUT2D eigenvalue weighted by molar-refractivity contribution is 7.92. The van der Waals surface area contributed by atoms with Gasteiger partial charge >= 0.3 is 0 Å². The molecule has 168 valence electrons. The Balaban J connectivity index is 1.84. The molecule has 0 aliphatic heterocycles. The van der Waals surface area contributed by atoms with Gasteiger partial charge in [0.2, 0.25) is 10.0 Å². The van der Waals surface area contributed by atoms with Crippen LogP contribution >= 0.6 is 0 Å². The van der Waals surface area contributed by atoms with Gasteiger partial charge in [0, 0.05) is 11.3 Å². The maximum absolute atomic E-state index is 13.2. The molecule has 32 heavy (non-hydrogen) atoms. The molecule has 0 aliphatic carbocycles. The van der Waals surface area contributed by atoms with E-state index in [2.05, 4.69) is 5.32 Å². The molecular formula is C25H27FN2O3S. The van der Waals surface area contributed by atoms with E-state index in [0.29, 0.717) is 16.8 Å². The van der Waals surface area contributed by atoms with Crippen LogP contribution in [0.2, 0.25) is 0 Å². The molecule has 7 heteroatoms. The number of hydrogen-bond acceptors (Lipinski definition) is 3. The van der Waals surface area contributed by atoms with Crippen molar-refractivity contribution in [2.24, 2.45) is 0 Å². The van der Waals surface area contributed by atoms with Crippen LogP contribution in [0.1, 0.15) is 40.9 Å². The van der Waals surface area contributed by atoms with Gasteiger partial charge in [-0.05, 0) is 65.9 Å². The molecule has 0 aliphatic rings. The summed E-state index contributed by atoms with van der Waals surface area (Å²) in [5.74, 6) is -0.637. The lowest BCUT2D eigenvalue weighted by atomic mass is 10.0. The lowest BCUT2D eigenvalue weighted by Gasteiger charge is -2.23. The number of carbonyl (C=O) groups is 1. The zero-order chi connectivity index (χ0) is 23.3. The minimum absolute atomic E-state index is 0.0639. The molecule has 3 aromatic carbocycles. The second-order valence-corrected chi connectivity index (χ2v) is 9.46. The molecule has 0 bridgehead atoms. The lowest BCUT2D eigenvalue weighted by molar-refractivity contribution is 0.102. The summed E-state index contributed by atoms with van der Waals surface area (Å²) in [6, 6.07) is 18.1. The van der Waals surface area contributed by atoms with Crippen molar-refractivity contribution in [3.8, 4) is 0 Å². The van der Waals surface area contributed by atoms with Gasteiger partial charge in [0.15, 0.2) is 0 Å². The molecule has 1 N–H and O–H groups in total. The summed E-state index contributed by atoms with van der Waals surface area (Å²) in [5.41, 5.74) is 4.48. The van der Waals surface area contributed by atoms with E-state index in [-0.39, 0.29) is 18.3 Å². The van der Waals surface area contributed by atoms with Gasteiger partial charge in [0.1, 0.15) is 5.82 Å². The molecule has 0 spiro atoms. The molecular weight excluding hydrogens is 427 g/mol. The summed E-state index contributed by atoms with van der Waals surface area (Å²) >= 11 is 0. The van der Waals surface area contributed by atoms with Crippen molar-refractivity contribution in [3.05, 3.63) is 94.8 Å². The van der Waals surface area contributed by atoms with E-state index >= 15 is 0 Å². The first kappa shape index (κ1) is 23.5. The number of sulfonamides is 1. The second-order valence-electron chi connectivity index (χ2n) is 7.56. The number of aryl methyl sites for hydroxylation is 2. The van der Waals surface area contributed by atoms with Crippen LogP contribution in [-0.4, -0.2) is 20.6 Å². The Labute approximate surface area is 188 Å². The predicted octanol–water partition coefficient (Wildman–Crippen LogP) is 5.17. The summed E-state index contributed by atoms with van der Waals surface area (Å²) in [7, 11) is -3.59. The smallest absolute Gasteiger partial charge is 0.255 e. The molecule has 0 fully saturated rings. The third-order valence-corrected chi connectivity index (χ3v) is 6.44. The highest BCUT2D eigenvalue weighted by atomic mass is 32.2. The van der Waals surface area contributed by atoms with Crippen LogP contribution in [0, 0.1) is 5.82 Å². The number of nitrogens with one attached hydrogen (secondary N) is 1. The van der Waals surface area contributed by atoms with Crippen LogP contribution < -0.4 is 9.62 Å². The van der Waals surface area contributed by atoms with Crippen molar-refractivity contribution in [1.29, 1.82) is 0 Å². The molecule has 1 amide bonds. The average Bonchev–Trinajstić information content (AvgIpc) is 2.78. The van der Waals surface area contributed by atoms with Crippen LogP contribution in [0.25, 0.3) is 0 Å². The highest BCUT2D eigenvalue weighted by Gasteiger charge is 2.19. The average molecular weight is 455 g/mol. The van der Waals surface area contributed by atoms with Gasteiger partial charge in [-0.1, -0.05) is 44.2 Å². The fraction of sp³-hybridized carbons (Fsp3) is 0.240. The van der Waals surface area contributed by atoms with Crippen molar-refractivity contribution >= 4 is 27.3 Å². The summed E-state index contributed by atoms with van der Waals surface area (Å²) in [6.07, 6.45) is 2.72. The first-order chi connectivity index (χ1) is 15.2. The van der Waals surface area contributed by atoms with Crippen LogP contribution in [0.5, 0.6) is 0 Å².